The lowest BCUT2D eigenvalue weighted by molar-refractivity contribution is 0.266. The molecule has 1 aliphatic rings. The van der Waals surface area contributed by atoms with Gasteiger partial charge < -0.3 is 15.7 Å². The minimum atomic E-state index is 0.169. The van der Waals surface area contributed by atoms with Crippen LogP contribution in [0.1, 0.15) is 24.2 Å². The zero-order chi connectivity index (χ0) is 11.7. The van der Waals surface area contributed by atoms with Gasteiger partial charge in [-0.25, -0.2) is 9.97 Å². The van der Waals surface area contributed by atoms with E-state index in [9.17, 15) is 5.11 Å². The van der Waals surface area contributed by atoms with Gasteiger partial charge in [-0.2, -0.15) is 0 Å². The average molecular weight is 222 g/mol. The minimum Gasteiger partial charge on any atom is -0.394 e. The number of nitrogens with zero attached hydrogens (tertiary/aromatic N) is 3. The van der Waals surface area contributed by atoms with Crippen molar-refractivity contribution in [3.05, 3.63) is 11.4 Å². The van der Waals surface area contributed by atoms with Gasteiger partial charge in [-0.15, -0.1) is 0 Å². The van der Waals surface area contributed by atoms with Crippen LogP contribution in [0.3, 0.4) is 0 Å². The zero-order valence-corrected chi connectivity index (χ0v) is 9.77. The number of anilines is 2. The number of aliphatic hydroxyl groups is 1. The van der Waals surface area contributed by atoms with E-state index in [4.69, 9.17) is 5.73 Å². The number of hydrogen-bond acceptors (Lipinski definition) is 5. The Kier molecular flexibility index (Phi) is 2.96. The molecule has 1 aromatic rings. The van der Waals surface area contributed by atoms with Crippen LogP contribution in [0.5, 0.6) is 0 Å². The Morgan fingerprint density at radius 2 is 2.19 bits per heavy atom. The highest BCUT2D eigenvalue weighted by molar-refractivity contribution is 5.57. The van der Waals surface area contributed by atoms with E-state index in [1.807, 2.05) is 13.8 Å². The Morgan fingerprint density at radius 1 is 1.44 bits per heavy atom. The lowest BCUT2D eigenvalue weighted by Gasteiger charge is -2.26. The van der Waals surface area contributed by atoms with Crippen molar-refractivity contribution in [2.75, 3.05) is 23.8 Å². The number of aliphatic hydroxyl groups excluding tert-OH is 1. The Balaban J connectivity index is 2.39. The fourth-order valence-corrected chi connectivity index (χ4v) is 2.22. The monoisotopic (exact) mass is 222 g/mol. The van der Waals surface area contributed by atoms with Gasteiger partial charge in [0.1, 0.15) is 17.5 Å². The Labute approximate surface area is 95.3 Å². The maximum Gasteiger partial charge on any atom is 0.137 e. The zero-order valence-electron chi connectivity index (χ0n) is 9.77. The third kappa shape index (κ3) is 1.82. The first kappa shape index (κ1) is 11.1. The fourth-order valence-electron chi connectivity index (χ4n) is 2.22. The third-order valence-corrected chi connectivity index (χ3v) is 3.13. The van der Waals surface area contributed by atoms with E-state index in [2.05, 4.69) is 14.9 Å². The molecule has 2 rings (SSSR count). The molecule has 1 unspecified atom stereocenters. The van der Waals surface area contributed by atoms with Gasteiger partial charge in [0, 0.05) is 12.1 Å². The van der Waals surface area contributed by atoms with Gasteiger partial charge in [-0.1, -0.05) is 0 Å². The molecule has 1 fully saturated rings. The molecule has 0 bridgehead atoms. The maximum atomic E-state index is 9.31. The predicted molar refractivity (Wildman–Crippen MR) is 63.4 cm³/mol. The molecular formula is C11H18N4O. The summed E-state index contributed by atoms with van der Waals surface area (Å²) in [6, 6.07) is 0.174. The maximum absolute atomic E-state index is 9.31. The number of nitrogens with two attached hydrogens (primary N) is 1. The molecule has 0 radical (unpaired) electrons. The lowest BCUT2D eigenvalue weighted by Crippen LogP contribution is -2.33. The number of nitrogen functional groups attached to an aromatic ring is 1. The van der Waals surface area contributed by atoms with Crippen LogP contribution in [-0.4, -0.2) is 34.3 Å². The molecule has 2 heterocycles. The number of aromatic nitrogens is 2. The molecule has 16 heavy (non-hydrogen) atoms. The number of aryl methyl sites for hydroxylation is 1. The van der Waals surface area contributed by atoms with Crippen molar-refractivity contribution < 1.29 is 5.11 Å². The summed E-state index contributed by atoms with van der Waals surface area (Å²) in [6.07, 6.45) is 2.10. The largest absolute Gasteiger partial charge is 0.394 e. The van der Waals surface area contributed by atoms with E-state index in [1.165, 1.54) is 0 Å². The Bertz CT molecular complexity index is 394. The molecule has 0 aromatic carbocycles. The van der Waals surface area contributed by atoms with Gasteiger partial charge in [0.05, 0.1) is 12.6 Å². The van der Waals surface area contributed by atoms with E-state index in [0.29, 0.717) is 11.6 Å². The highest BCUT2D eigenvalue weighted by atomic mass is 16.3. The van der Waals surface area contributed by atoms with Gasteiger partial charge in [-0.3, -0.25) is 0 Å². The topological polar surface area (TPSA) is 75.3 Å². The highest BCUT2D eigenvalue weighted by Crippen LogP contribution is 2.28. The van der Waals surface area contributed by atoms with E-state index >= 15 is 0 Å². The molecule has 1 aliphatic heterocycles. The molecule has 1 atom stereocenters. The molecule has 0 aliphatic carbocycles. The number of hydrogen-bond donors (Lipinski definition) is 2. The normalized spacial score (nSPS) is 20.4. The first-order chi connectivity index (χ1) is 7.63. The predicted octanol–water partition coefficient (Wildman–Crippen LogP) is 0.637. The van der Waals surface area contributed by atoms with Crippen LogP contribution < -0.4 is 10.6 Å². The summed E-state index contributed by atoms with van der Waals surface area (Å²) < 4.78 is 0. The first-order valence-electron chi connectivity index (χ1n) is 5.61. The summed E-state index contributed by atoms with van der Waals surface area (Å²) in [6.45, 7) is 4.87. The summed E-state index contributed by atoms with van der Waals surface area (Å²) in [5.41, 5.74) is 6.74. The second-order valence-electron chi connectivity index (χ2n) is 4.28. The van der Waals surface area contributed by atoms with Gasteiger partial charge in [-0.05, 0) is 26.7 Å². The van der Waals surface area contributed by atoms with Gasteiger partial charge >= 0.3 is 0 Å². The van der Waals surface area contributed by atoms with Crippen LogP contribution in [-0.2, 0) is 0 Å². The van der Waals surface area contributed by atoms with E-state index in [-0.39, 0.29) is 12.6 Å². The fraction of sp³-hybridized carbons (Fsp3) is 0.636. The van der Waals surface area contributed by atoms with Crippen molar-refractivity contribution in [1.29, 1.82) is 0 Å². The molecule has 3 N–H and O–H groups in total. The highest BCUT2D eigenvalue weighted by Gasteiger charge is 2.26. The smallest absolute Gasteiger partial charge is 0.137 e. The first-order valence-corrected chi connectivity index (χ1v) is 5.61. The summed E-state index contributed by atoms with van der Waals surface area (Å²) in [5.74, 6) is 2.09. The third-order valence-electron chi connectivity index (χ3n) is 3.13. The molecule has 0 amide bonds. The van der Waals surface area contributed by atoms with Gasteiger partial charge in [0.2, 0.25) is 0 Å². The number of rotatable bonds is 2. The van der Waals surface area contributed by atoms with Crippen molar-refractivity contribution >= 4 is 11.6 Å². The van der Waals surface area contributed by atoms with Crippen LogP contribution in [0, 0.1) is 13.8 Å². The molecule has 5 nitrogen and oxygen atoms in total. The molecule has 5 heteroatoms. The summed E-state index contributed by atoms with van der Waals surface area (Å²) in [4.78, 5) is 10.7. The van der Waals surface area contributed by atoms with Crippen molar-refractivity contribution in [2.45, 2.75) is 32.7 Å². The van der Waals surface area contributed by atoms with Crippen LogP contribution in [0.4, 0.5) is 11.6 Å². The van der Waals surface area contributed by atoms with E-state index < -0.39 is 0 Å². The minimum absolute atomic E-state index is 0.169. The van der Waals surface area contributed by atoms with Crippen molar-refractivity contribution in [3.63, 3.8) is 0 Å². The SMILES string of the molecule is Cc1nc(N)c(C)c(N2CCCC2CO)n1. The Hall–Kier alpha value is -1.36. The van der Waals surface area contributed by atoms with Crippen LogP contribution in [0.25, 0.3) is 0 Å². The standard InChI is InChI=1S/C11H18N4O/c1-7-10(12)13-8(2)14-11(7)15-5-3-4-9(15)6-16/h9,16H,3-6H2,1-2H3,(H2,12,13,14). The molecule has 1 aromatic heterocycles. The van der Waals surface area contributed by atoms with Gasteiger partial charge in [0.15, 0.2) is 0 Å². The van der Waals surface area contributed by atoms with Crippen molar-refractivity contribution in [1.82, 2.24) is 9.97 Å². The summed E-state index contributed by atoms with van der Waals surface area (Å²) in [7, 11) is 0. The van der Waals surface area contributed by atoms with Crippen LogP contribution in [0.2, 0.25) is 0 Å². The molecule has 0 spiro atoms. The van der Waals surface area contributed by atoms with Gasteiger partial charge in [0.25, 0.3) is 0 Å². The molecule has 1 saturated heterocycles. The summed E-state index contributed by atoms with van der Waals surface area (Å²) >= 11 is 0. The van der Waals surface area contributed by atoms with Crippen molar-refractivity contribution in [2.24, 2.45) is 0 Å². The Morgan fingerprint density at radius 3 is 2.88 bits per heavy atom. The van der Waals surface area contributed by atoms with Crippen molar-refractivity contribution in [3.8, 4) is 0 Å². The lowest BCUT2D eigenvalue weighted by atomic mass is 10.2. The average Bonchev–Trinajstić information content (AvgIpc) is 2.71. The second kappa shape index (κ2) is 4.25. The summed E-state index contributed by atoms with van der Waals surface area (Å²) in [5, 5.41) is 9.31. The second-order valence-corrected chi connectivity index (χ2v) is 4.28. The van der Waals surface area contributed by atoms with Crippen LogP contribution in [0.15, 0.2) is 0 Å². The quantitative estimate of drug-likeness (QED) is 0.768. The van der Waals surface area contributed by atoms with E-state index in [1.54, 1.807) is 0 Å². The van der Waals surface area contributed by atoms with Crippen LogP contribution >= 0.6 is 0 Å². The van der Waals surface area contributed by atoms with E-state index in [0.717, 1.165) is 30.8 Å². The molecule has 0 saturated carbocycles. The molecule has 88 valence electrons. The molecular weight excluding hydrogens is 204 g/mol.